The van der Waals surface area contributed by atoms with E-state index in [0.29, 0.717) is 23.0 Å². The molecule has 4 aromatic rings. The van der Waals surface area contributed by atoms with Gasteiger partial charge < -0.3 is 8.83 Å². The van der Waals surface area contributed by atoms with Gasteiger partial charge in [-0.3, -0.25) is 0 Å². The minimum atomic E-state index is -0.506. The standard InChI is InChI=1S/C15H10N4O3/c20-15-19(13-11(21-15)7-4-8-16-13)9-12-17-18-14(22-12)10-5-2-1-3-6-10/h1-8H,9H2. The molecule has 0 N–H and O–H groups in total. The lowest BCUT2D eigenvalue weighted by molar-refractivity contribution is 0.461. The zero-order chi connectivity index (χ0) is 14.9. The Hall–Kier alpha value is -3.22. The van der Waals surface area contributed by atoms with E-state index in [1.807, 2.05) is 30.3 Å². The Balaban J connectivity index is 1.71. The molecule has 0 unspecified atom stereocenters. The first-order valence-corrected chi connectivity index (χ1v) is 6.63. The highest BCUT2D eigenvalue weighted by Gasteiger charge is 2.14. The highest BCUT2D eigenvalue weighted by atomic mass is 16.4. The molecule has 0 amide bonds. The number of pyridine rings is 1. The fraction of sp³-hybridized carbons (Fsp3) is 0.0667. The Morgan fingerprint density at radius 3 is 2.73 bits per heavy atom. The van der Waals surface area contributed by atoms with Crippen LogP contribution in [-0.4, -0.2) is 19.7 Å². The van der Waals surface area contributed by atoms with Crippen LogP contribution in [0.5, 0.6) is 0 Å². The summed E-state index contributed by atoms with van der Waals surface area (Å²) in [5.74, 6) is 0.215. The molecular weight excluding hydrogens is 284 g/mol. The van der Waals surface area contributed by atoms with Gasteiger partial charge in [0.05, 0.1) is 0 Å². The van der Waals surface area contributed by atoms with Crippen LogP contribution in [0.15, 0.2) is 62.3 Å². The largest absolute Gasteiger partial charge is 0.421 e. The molecule has 0 fully saturated rings. The summed E-state index contributed by atoms with van der Waals surface area (Å²) in [6, 6.07) is 12.8. The Labute approximate surface area is 123 Å². The average molecular weight is 294 g/mol. The third-order valence-electron chi connectivity index (χ3n) is 3.21. The van der Waals surface area contributed by atoms with E-state index in [0.717, 1.165) is 5.56 Å². The van der Waals surface area contributed by atoms with Crippen LogP contribution in [0.1, 0.15) is 5.89 Å². The zero-order valence-electron chi connectivity index (χ0n) is 11.3. The maximum absolute atomic E-state index is 11.9. The third-order valence-corrected chi connectivity index (χ3v) is 3.21. The van der Waals surface area contributed by atoms with Gasteiger partial charge in [-0.25, -0.2) is 14.3 Å². The van der Waals surface area contributed by atoms with Crippen molar-refractivity contribution >= 4 is 11.2 Å². The molecule has 0 saturated heterocycles. The molecule has 108 valence electrons. The quantitative estimate of drug-likeness (QED) is 0.575. The maximum Gasteiger partial charge on any atom is 0.421 e. The van der Waals surface area contributed by atoms with Crippen LogP contribution in [0.4, 0.5) is 0 Å². The predicted octanol–water partition coefficient (Wildman–Crippen LogP) is 2.09. The molecule has 0 radical (unpaired) electrons. The average Bonchev–Trinajstić information content (AvgIpc) is 3.14. The molecule has 3 aromatic heterocycles. The molecule has 0 atom stereocenters. The number of benzene rings is 1. The number of oxazole rings is 1. The van der Waals surface area contributed by atoms with Crippen molar-refractivity contribution in [2.75, 3.05) is 0 Å². The summed E-state index contributed by atoms with van der Waals surface area (Å²) in [4.78, 5) is 16.0. The summed E-state index contributed by atoms with van der Waals surface area (Å²) in [7, 11) is 0. The van der Waals surface area contributed by atoms with E-state index in [-0.39, 0.29) is 6.54 Å². The summed E-state index contributed by atoms with van der Waals surface area (Å²) >= 11 is 0. The Bertz CT molecular complexity index is 985. The van der Waals surface area contributed by atoms with E-state index in [1.165, 1.54) is 4.57 Å². The van der Waals surface area contributed by atoms with Crippen molar-refractivity contribution in [3.8, 4) is 11.5 Å². The van der Waals surface area contributed by atoms with Crippen LogP contribution in [0.25, 0.3) is 22.7 Å². The molecule has 22 heavy (non-hydrogen) atoms. The highest BCUT2D eigenvalue weighted by Crippen LogP contribution is 2.18. The lowest BCUT2D eigenvalue weighted by Crippen LogP contribution is -2.15. The minimum absolute atomic E-state index is 0.114. The van der Waals surface area contributed by atoms with E-state index in [1.54, 1.807) is 18.3 Å². The van der Waals surface area contributed by atoms with Crippen molar-refractivity contribution in [1.82, 2.24) is 19.7 Å². The summed E-state index contributed by atoms with van der Waals surface area (Å²) in [5.41, 5.74) is 1.70. The second kappa shape index (κ2) is 4.96. The molecule has 0 spiro atoms. The van der Waals surface area contributed by atoms with Crippen molar-refractivity contribution in [2.24, 2.45) is 0 Å². The predicted molar refractivity (Wildman–Crippen MR) is 77.1 cm³/mol. The van der Waals surface area contributed by atoms with E-state index < -0.39 is 5.76 Å². The van der Waals surface area contributed by atoms with Crippen molar-refractivity contribution in [3.63, 3.8) is 0 Å². The molecular formula is C15H10N4O3. The molecule has 0 aliphatic rings. The van der Waals surface area contributed by atoms with Gasteiger partial charge in [0.25, 0.3) is 0 Å². The minimum Gasteiger partial charge on any atom is -0.419 e. The topological polar surface area (TPSA) is 87.0 Å². The Morgan fingerprint density at radius 2 is 1.86 bits per heavy atom. The van der Waals surface area contributed by atoms with Gasteiger partial charge in [0.2, 0.25) is 11.8 Å². The molecule has 3 heterocycles. The smallest absolute Gasteiger partial charge is 0.419 e. The molecule has 0 aliphatic heterocycles. The van der Waals surface area contributed by atoms with Crippen LogP contribution < -0.4 is 5.76 Å². The molecule has 0 bridgehead atoms. The number of nitrogens with zero attached hydrogens (tertiary/aromatic N) is 4. The van der Waals surface area contributed by atoms with Gasteiger partial charge in [-0.1, -0.05) is 18.2 Å². The summed E-state index contributed by atoms with van der Waals surface area (Å²) in [5, 5.41) is 7.96. The highest BCUT2D eigenvalue weighted by molar-refractivity contribution is 5.67. The van der Waals surface area contributed by atoms with E-state index >= 15 is 0 Å². The number of aromatic nitrogens is 4. The zero-order valence-corrected chi connectivity index (χ0v) is 11.3. The maximum atomic E-state index is 11.9. The lowest BCUT2D eigenvalue weighted by atomic mass is 10.2. The van der Waals surface area contributed by atoms with Crippen LogP contribution >= 0.6 is 0 Å². The molecule has 7 nitrogen and oxygen atoms in total. The Kier molecular flexibility index (Phi) is 2.82. The van der Waals surface area contributed by atoms with Gasteiger partial charge in [0.15, 0.2) is 11.2 Å². The first-order valence-electron chi connectivity index (χ1n) is 6.63. The van der Waals surface area contributed by atoms with E-state index in [2.05, 4.69) is 15.2 Å². The van der Waals surface area contributed by atoms with Crippen LogP contribution in [0.3, 0.4) is 0 Å². The number of hydrogen-bond acceptors (Lipinski definition) is 6. The summed E-state index contributed by atoms with van der Waals surface area (Å²) < 4.78 is 12.1. The van der Waals surface area contributed by atoms with E-state index in [9.17, 15) is 4.79 Å². The van der Waals surface area contributed by atoms with Gasteiger partial charge in [0.1, 0.15) is 6.54 Å². The van der Waals surface area contributed by atoms with Crippen molar-refractivity contribution in [1.29, 1.82) is 0 Å². The van der Waals surface area contributed by atoms with E-state index in [4.69, 9.17) is 8.83 Å². The number of hydrogen-bond donors (Lipinski definition) is 0. The Morgan fingerprint density at radius 1 is 1.00 bits per heavy atom. The van der Waals surface area contributed by atoms with Crippen molar-refractivity contribution in [3.05, 3.63) is 65.1 Å². The monoisotopic (exact) mass is 294 g/mol. The van der Waals surface area contributed by atoms with Gasteiger partial charge in [-0.15, -0.1) is 10.2 Å². The fourth-order valence-electron chi connectivity index (χ4n) is 2.19. The summed E-state index contributed by atoms with van der Waals surface area (Å²) in [6.07, 6.45) is 1.59. The third kappa shape index (κ3) is 2.08. The molecule has 1 aromatic carbocycles. The second-order valence-corrected chi connectivity index (χ2v) is 4.65. The SMILES string of the molecule is O=c1oc2cccnc2n1Cc1nnc(-c2ccccc2)o1. The molecule has 0 saturated carbocycles. The van der Waals surface area contributed by atoms with Crippen LogP contribution in [0, 0.1) is 0 Å². The second-order valence-electron chi connectivity index (χ2n) is 4.65. The first-order chi connectivity index (χ1) is 10.8. The first kappa shape index (κ1) is 12.5. The van der Waals surface area contributed by atoms with Crippen LogP contribution in [0.2, 0.25) is 0 Å². The number of rotatable bonds is 3. The van der Waals surface area contributed by atoms with Gasteiger partial charge >= 0.3 is 5.76 Å². The van der Waals surface area contributed by atoms with Gasteiger partial charge in [0, 0.05) is 11.8 Å². The fourth-order valence-corrected chi connectivity index (χ4v) is 2.19. The lowest BCUT2D eigenvalue weighted by Gasteiger charge is -1.96. The molecule has 7 heteroatoms. The van der Waals surface area contributed by atoms with Crippen molar-refractivity contribution < 1.29 is 8.83 Å². The number of fused-ring (bicyclic) bond motifs is 1. The van der Waals surface area contributed by atoms with Gasteiger partial charge in [-0.05, 0) is 24.3 Å². The molecule has 4 rings (SSSR count). The van der Waals surface area contributed by atoms with Crippen LogP contribution in [-0.2, 0) is 6.54 Å². The van der Waals surface area contributed by atoms with Gasteiger partial charge in [-0.2, -0.15) is 0 Å². The summed E-state index contributed by atoms with van der Waals surface area (Å²) in [6.45, 7) is 0.114. The van der Waals surface area contributed by atoms with Crippen molar-refractivity contribution in [2.45, 2.75) is 6.54 Å². The normalized spacial score (nSPS) is 11.1. The molecule has 0 aliphatic carbocycles.